The molecule has 1 fully saturated rings. The van der Waals surface area contributed by atoms with Gasteiger partial charge in [-0.25, -0.2) is 0 Å². The summed E-state index contributed by atoms with van der Waals surface area (Å²) in [5.74, 6) is 0.656. The van der Waals surface area contributed by atoms with E-state index in [1.54, 1.807) is 0 Å². The Balaban J connectivity index is 2.75. The summed E-state index contributed by atoms with van der Waals surface area (Å²) in [5.41, 5.74) is 4.95. The molecule has 3 N–H and O–H groups in total. The lowest BCUT2D eigenvalue weighted by Crippen LogP contribution is -2.56. The average Bonchev–Trinajstić information content (AvgIpc) is 2.48. The molecule has 122 valence electrons. The fourth-order valence-corrected chi connectivity index (χ4v) is 3.07. The van der Waals surface area contributed by atoms with Crippen LogP contribution < -0.4 is 5.73 Å². The molecule has 0 aromatic rings. The molecule has 21 heavy (non-hydrogen) atoms. The third-order valence-electron chi connectivity index (χ3n) is 4.50. The summed E-state index contributed by atoms with van der Waals surface area (Å²) in [6.45, 7) is 12.5. The van der Waals surface area contributed by atoms with Gasteiger partial charge in [0.1, 0.15) is 5.41 Å². The number of oxime groups is 1. The molecule has 1 saturated heterocycles. The molecular formula is C15H30N4O2. The number of carbonyl (C=O) groups excluding carboxylic acids is 1. The Hall–Kier alpha value is -1.30. The minimum Gasteiger partial charge on any atom is -0.409 e. The van der Waals surface area contributed by atoms with Crippen molar-refractivity contribution in [3.8, 4) is 0 Å². The summed E-state index contributed by atoms with van der Waals surface area (Å²) in [6.07, 6.45) is 1.09. The van der Waals surface area contributed by atoms with Gasteiger partial charge in [0, 0.05) is 32.7 Å². The van der Waals surface area contributed by atoms with Crippen molar-refractivity contribution < 1.29 is 10.0 Å². The molecule has 0 bridgehead atoms. The van der Waals surface area contributed by atoms with Gasteiger partial charge in [-0.3, -0.25) is 9.69 Å². The van der Waals surface area contributed by atoms with Gasteiger partial charge in [-0.05, 0) is 18.8 Å². The number of amidine groups is 1. The summed E-state index contributed by atoms with van der Waals surface area (Å²) >= 11 is 0. The van der Waals surface area contributed by atoms with Crippen LogP contribution >= 0.6 is 0 Å². The lowest BCUT2D eigenvalue weighted by atomic mass is 9.79. The van der Waals surface area contributed by atoms with Crippen LogP contribution in [0.5, 0.6) is 0 Å². The van der Waals surface area contributed by atoms with Gasteiger partial charge < -0.3 is 15.8 Å². The second-order valence-corrected chi connectivity index (χ2v) is 6.26. The predicted octanol–water partition coefficient (Wildman–Crippen LogP) is 1.34. The Morgan fingerprint density at radius 1 is 1.24 bits per heavy atom. The molecule has 0 aliphatic carbocycles. The quantitative estimate of drug-likeness (QED) is 0.335. The van der Waals surface area contributed by atoms with E-state index in [-0.39, 0.29) is 11.7 Å². The number of piperazine rings is 1. The molecule has 1 aliphatic rings. The van der Waals surface area contributed by atoms with E-state index in [1.165, 1.54) is 0 Å². The summed E-state index contributed by atoms with van der Waals surface area (Å²) in [6, 6.07) is 0. The highest BCUT2D eigenvalue weighted by Gasteiger charge is 2.43. The van der Waals surface area contributed by atoms with Crippen molar-refractivity contribution in [3.05, 3.63) is 0 Å². The second-order valence-electron chi connectivity index (χ2n) is 6.26. The summed E-state index contributed by atoms with van der Waals surface area (Å²) in [7, 11) is 0. The van der Waals surface area contributed by atoms with Crippen molar-refractivity contribution >= 4 is 11.7 Å². The number of amides is 1. The zero-order valence-corrected chi connectivity index (χ0v) is 13.8. The van der Waals surface area contributed by atoms with E-state index in [0.717, 1.165) is 19.6 Å². The van der Waals surface area contributed by atoms with E-state index in [9.17, 15) is 4.79 Å². The highest BCUT2D eigenvalue weighted by atomic mass is 16.4. The van der Waals surface area contributed by atoms with Crippen LogP contribution in [-0.4, -0.2) is 59.5 Å². The first kappa shape index (κ1) is 17.8. The fourth-order valence-electron chi connectivity index (χ4n) is 3.07. The standard InChI is InChI=1S/C15H30N4O2/c1-5-15(6-2,13(16)17-21)14(20)19-9-7-18(8-10-19)11-12(3)4/h12,21H,5-11H2,1-4H3,(H2,16,17). The minimum atomic E-state index is -0.866. The molecule has 1 amide bonds. The van der Waals surface area contributed by atoms with Crippen LogP contribution in [0.3, 0.4) is 0 Å². The van der Waals surface area contributed by atoms with E-state index in [0.29, 0.717) is 31.8 Å². The van der Waals surface area contributed by atoms with Crippen LogP contribution in [0, 0.1) is 11.3 Å². The SMILES string of the molecule is CCC(CC)(C(=O)N1CCN(CC(C)C)CC1)C(N)=NO. The maximum atomic E-state index is 12.8. The number of nitrogens with two attached hydrogens (primary N) is 1. The van der Waals surface area contributed by atoms with Gasteiger partial charge in [0.25, 0.3) is 0 Å². The highest BCUT2D eigenvalue weighted by molar-refractivity contribution is 6.06. The molecule has 6 heteroatoms. The Kier molecular flexibility index (Phi) is 6.45. The van der Waals surface area contributed by atoms with Gasteiger partial charge in [-0.2, -0.15) is 0 Å². The summed E-state index contributed by atoms with van der Waals surface area (Å²) in [5, 5.41) is 12.1. The molecule has 1 rings (SSSR count). The monoisotopic (exact) mass is 298 g/mol. The molecule has 0 unspecified atom stereocenters. The van der Waals surface area contributed by atoms with Crippen molar-refractivity contribution in [3.63, 3.8) is 0 Å². The maximum absolute atomic E-state index is 12.8. The maximum Gasteiger partial charge on any atom is 0.236 e. The van der Waals surface area contributed by atoms with Crippen molar-refractivity contribution in [2.45, 2.75) is 40.5 Å². The van der Waals surface area contributed by atoms with Crippen molar-refractivity contribution in [2.24, 2.45) is 22.2 Å². The van der Waals surface area contributed by atoms with Crippen LogP contribution in [0.1, 0.15) is 40.5 Å². The number of nitrogens with zero attached hydrogens (tertiary/aromatic N) is 3. The van der Waals surface area contributed by atoms with Gasteiger partial charge >= 0.3 is 0 Å². The van der Waals surface area contributed by atoms with Crippen LogP contribution in [0.25, 0.3) is 0 Å². The molecule has 0 radical (unpaired) electrons. The van der Waals surface area contributed by atoms with Crippen LogP contribution in [0.2, 0.25) is 0 Å². The molecule has 6 nitrogen and oxygen atoms in total. The Bertz CT molecular complexity index is 370. The second kappa shape index (κ2) is 7.64. The fraction of sp³-hybridized carbons (Fsp3) is 0.867. The molecule has 0 aromatic carbocycles. The number of carbonyl (C=O) groups is 1. The largest absolute Gasteiger partial charge is 0.409 e. The van der Waals surface area contributed by atoms with E-state index >= 15 is 0 Å². The third-order valence-corrected chi connectivity index (χ3v) is 4.50. The van der Waals surface area contributed by atoms with Crippen molar-refractivity contribution in [1.82, 2.24) is 9.80 Å². The molecule has 0 atom stereocenters. The first-order valence-electron chi connectivity index (χ1n) is 7.91. The Morgan fingerprint density at radius 3 is 2.14 bits per heavy atom. The van der Waals surface area contributed by atoms with Crippen LogP contribution in [0.15, 0.2) is 5.16 Å². The van der Waals surface area contributed by atoms with Gasteiger partial charge in [0.2, 0.25) is 5.91 Å². The van der Waals surface area contributed by atoms with Gasteiger partial charge in [0.15, 0.2) is 5.84 Å². The Morgan fingerprint density at radius 2 is 1.76 bits per heavy atom. The normalized spacial score (nSPS) is 18.3. The smallest absolute Gasteiger partial charge is 0.236 e. The lowest BCUT2D eigenvalue weighted by Gasteiger charge is -2.40. The molecule has 0 saturated carbocycles. The molecule has 1 aliphatic heterocycles. The topological polar surface area (TPSA) is 82.2 Å². The number of rotatable bonds is 6. The van der Waals surface area contributed by atoms with Crippen molar-refractivity contribution in [2.75, 3.05) is 32.7 Å². The zero-order valence-electron chi connectivity index (χ0n) is 13.8. The molecule has 0 aromatic heterocycles. The first-order valence-corrected chi connectivity index (χ1v) is 7.91. The van der Waals surface area contributed by atoms with E-state index in [1.807, 2.05) is 18.7 Å². The number of hydrogen-bond acceptors (Lipinski definition) is 4. The minimum absolute atomic E-state index is 0.00741. The third kappa shape index (κ3) is 3.87. The van der Waals surface area contributed by atoms with Crippen LogP contribution in [0.4, 0.5) is 0 Å². The van der Waals surface area contributed by atoms with E-state index in [4.69, 9.17) is 10.9 Å². The summed E-state index contributed by atoms with van der Waals surface area (Å²) < 4.78 is 0. The lowest BCUT2D eigenvalue weighted by molar-refractivity contribution is -0.140. The molecule has 0 spiro atoms. The van der Waals surface area contributed by atoms with Gasteiger partial charge in [-0.15, -0.1) is 0 Å². The Labute approximate surface area is 128 Å². The predicted molar refractivity (Wildman–Crippen MR) is 84.3 cm³/mol. The van der Waals surface area contributed by atoms with E-state index in [2.05, 4.69) is 23.9 Å². The molecule has 1 heterocycles. The van der Waals surface area contributed by atoms with Gasteiger partial charge in [-0.1, -0.05) is 32.9 Å². The van der Waals surface area contributed by atoms with Crippen LogP contribution in [-0.2, 0) is 4.79 Å². The van der Waals surface area contributed by atoms with Crippen molar-refractivity contribution in [1.29, 1.82) is 0 Å². The summed E-state index contributed by atoms with van der Waals surface area (Å²) in [4.78, 5) is 17.1. The molecular weight excluding hydrogens is 268 g/mol. The van der Waals surface area contributed by atoms with E-state index < -0.39 is 5.41 Å². The van der Waals surface area contributed by atoms with Gasteiger partial charge in [0.05, 0.1) is 0 Å². The first-order chi connectivity index (χ1) is 9.91. The zero-order chi connectivity index (χ0) is 16.0. The highest BCUT2D eigenvalue weighted by Crippen LogP contribution is 2.30. The number of hydrogen-bond donors (Lipinski definition) is 2. The average molecular weight is 298 g/mol.